The van der Waals surface area contributed by atoms with Crippen LogP contribution < -0.4 is 15.4 Å². The van der Waals surface area contributed by atoms with E-state index in [1.165, 1.54) is 19.2 Å². The van der Waals surface area contributed by atoms with Crippen LogP contribution in [0.3, 0.4) is 0 Å². The Morgan fingerprint density at radius 1 is 1.21 bits per heavy atom. The lowest BCUT2D eigenvalue weighted by molar-refractivity contribution is -0.117. The Kier molecular flexibility index (Phi) is 6.90. The fourth-order valence-corrected chi connectivity index (χ4v) is 3.92. The Labute approximate surface area is 178 Å². The average Bonchev–Trinajstić information content (AvgIpc) is 3.23. The second-order valence-electron chi connectivity index (χ2n) is 6.68. The van der Waals surface area contributed by atoms with Crippen molar-refractivity contribution in [2.75, 3.05) is 12.4 Å². The van der Waals surface area contributed by atoms with Gasteiger partial charge in [0.2, 0.25) is 5.91 Å². The lowest BCUT2D eigenvalue weighted by atomic mass is 10.0. The summed E-state index contributed by atoms with van der Waals surface area (Å²) in [5, 5.41) is 8.79. The first-order chi connectivity index (χ1) is 13.9. The summed E-state index contributed by atoms with van der Waals surface area (Å²) in [6.45, 7) is 3.65. The van der Waals surface area contributed by atoms with Crippen LogP contribution in [0.25, 0.3) is 0 Å². The Balaban J connectivity index is 1.79. The zero-order valence-electron chi connectivity index (χ0n) is 16.3. The molecule has 0 unspecified atom stereocenters. The molecule has 4 nitrogen and oxygen atoms in total. The van der Waals surface area contributed by atoms with E-state index in [-0.39, 0.29) is 17.8 Å². The molecule has 0 saturated heterocycles. The van der Waals surface area contributed by atoms with Gasteiger partial charge in [-0.05, 0) is 54.6 Å². The average molecular weight is 433 g/mol. The number of carbonyl (C=O) groups excluding carboxylic acids is 1. The third-order valence-corrected chi connectivity index (χ3v) is 5.92. The van der Waals surface area contributed by atoms with E-state index in [1.807, 2.05) is 24.4 Å². The SMILES string of the molecule is COc1cc(Cl)c(C)cc1NC(=O)[C@H](C)N[C@@H](c1ccc(F)cc1)c1cccs1. The third-order valence-electron chi connectivity index (χ3n) is 4.58. The van der Waals surface area contributed by atoms with Crippen molar-refractivity contribution in [3.05, 3.63) is 80.8 Å². The molecule has 3 rings (SSSR count). The molecule has 0 saturated carbocycles. The van der Waals surface area contributed by atoms with E-state index in [2.05, 4.69) is 10.6 Å². The van der Waals surface area contributed by atoms with Crippen LogP contribution in [0.5, 0.6) is 5.75 Å². The summed E-state index contributed by atoms with van der Waals surface area (Å²) in [6, 6.07) is 12.9. The van der Waals surface area contributed by atoms with Crippen LogP contribution in [0.4, 0.5) is 10.1 Å². The summed E-state index contributed by atoms with van der Waals surface area (Å²) in [7, 11) is 1.53. The van der Waals surface area contributed by atoms with Gasteiger partial charge in [-0.1, -0.05) is 29.8 Å². The molecule has 0 spiro atoms. The quantitative estimate of drug-likeness (QED) is 0.513. The predicted octanol–water partition coefficient (Wildman–Crippen LogP) is 5.56. The third kappa shape index (κ3) is 5.15. The number of anilines is 1. The Bertz CT molecular complexity index is 977. The van der Waals surface area contributed by atoms with Crippen LogP contribution >= 0.6 is 22.9 Å². The molecule has 152 valence electrons. The molecular formula is C22H22ClFN2O2S. The van der Waals surface area contributed by atoms with E-state index in [9.17, 15) is 9.18 Å². The predicted molar refractivity (Wildman–Crippen MR) is 117 cm³/mol. The number of nitrogens with one attached hydrogen (secondary N) is 2. The van der Waals surface area contributed by atoms with E-state index in [1.54, 1.807) is 42.5 Å². The summed E-state index contributed by atoms with van der Waals surface area (Å²) in [5.41, 5.74) is 2.28. The van der Waals surface area contributed by atoms with Gasteiger partial charge in [-0.25, -0.2) is 4.39 Å². The smallest absolute Gasteiger partial charge is 0.241 e. The summed E-state index contributed by atoms with van der Waals surface area (Å²) in [6.07, 6.45) is 0. The molecule has 2 aromatic carbocycles. The monoisotopic (exact) mass is 432 g/mol. The molecule has 0 radical (unpaired) electrons. The molecule has 1 heterocycles. The molecule has 0 aliphatic heterocycles. The van der Waals surface area contributed by atoms with Gasteiger partial charge in [-0.3, -0.25) is 10.1 Å². The normalized spacial score (nSPS) is 13.0. The highest BCUT2D eigenvalue weighted by molar-refractivity contribution is 7.10. The summed E-state index contributed by atoms with van der Waals surface area (Å²) in [4.78, 5) is 13.9. The first-order valence-corrected chi connectivity index (χ1v) is 10.3. The minimum absolute atomic E-state index is 0.214. The zero-order valence-corrected chi connectivity index (χ0v) is 17.9. The minimum atomic E-state index is -0.521. The number of halogens is 2. The number of methoxy groups -OCH3 is 1. The molecule has 7 heteroatoms. The zero-order chi connectivity index (χ0) is 21.0. The van der Waals surface area contributed by atoms with Gasteiger partial charge in [0.15, 0.2) is 0 Å². The van der Waals surface area contributed by atoms with Crippen LogP contribution in [0.2, 0.25) is 5.02 Å². The molecule has 29 heavy (non-hydrogen) atoms. The highest BCUT2D eigenvalue weighted by Gasteiger charge is 2.22. The first kappa shape index (κ1) is 21.3. The minimum Gasteiger partial charge on any atom is -0.495 e. The lowest BCUT2D eigenvalue weighted by Gasteiger charge is -2.23. The van der Waals surface area contributed by atoms with Crippen molar-refractivity contribution in [2.24, 2.45) is 0 Å². The number of aryl methyl sites for hydroxylation is 1. The van der Waals surface area contributed by atoms with Crippen LogP contribution in [-0.4, -0.2) is 19.1 Å². The van der Waals surface area contributed by atoms with Gasteiger partial charge in [0.1, 0.15) is 11.6 Å². The van der Waals surface area contributed by atoms with Crippen molar-refractivity contribution in [3.63, 3.8) is 0 Å². The maximum Gasteiger partial charge on any atom is 0.241 e. The molecular weight excluding hydrogens is 411 g/mol. The van der Waals surface area contributed by atoms with Crippen LogP contribution in [0.1, 0.15) is 29.0 Å². The molecule has 0 fully saturated rings. The topological polar surface area (TPSA) is 50.4 Å². The number of thiophene rings is 1. The van der Waals surface area contributed by atoms with Crippen molar-refractivity contribution in [3.8, 4) is 5.75 Å². The largest absolute Gasteiger partial charge is 0.495 e. The van der Waals surface area contributed by atoms with Gasteiger partial charge in [0, 0.05) is 16.0 Å². The van der Waals surface area contributed by atoms with Crippen molar-refractivity contribution >= 4 is 34.5 Å². The van der Waals surface area contributed by atoms with Gasteiger partial charge in [0.25, 0.3) is 0 Å². The second kappa shape index (κ2) is 9.39. The Morgan fingerprint density at radius 3 is 2.55 bits per heavy atom. The molecule has 2 N–H and O–H groups in total. The first-order valence-electron chi connectivity index (χ1n) is 9.09. The van der Waals surface area contributed by atoms with Gasteiger partial charge < -0.3 is 10.1 Å². The molecule has 1 amide bonds. The molecule has 0 bridgehead atoms. The number of ether oxygens (including phenoxy) is 1. The van der Waals surface area contributed by atoms with Gasteiger partial charge in [0.05, 0.1) is 24.9 Å². The summed E-state index contributed by atoms with van der Waals surface area (Å²) < 4.78 is 18.7. The van der Waals surface area contributed by atoms with Crippen molar-refractivity contribution in [2.45, 2.75) is 25.9 Å². The van der Waals surface area contributed by atoms with Crippen molar-refractivity contribution in [1.82, 2.24) is 5.32 Å². The molecule has 2 atom stereocenters. The van der Waals surface area contributed by atoms with Crippen LogP contribution in [-0.2, 0) is 4.79 Å². The van der Waals surface area contributed by atoms with E-state index in [4.69, 9.17) is 16.3 Å². The van der Waals surface area contributed by atoms with Crippen LogP contribution in [0.15, 0.2) is 53.9 Å². The van der Waals surface area contributed by atoms with Gasteiger partial charge in [-0.15, -0.1) is 11.3 Å². The van der Waals surface area contributed by atoms with E-state index in [0.717, 1.165) is 16.0 Å². The fraction of sp³-hybridized carbons (Fsp3) is 0.227. The highest BCUT2D eigenvalue weighted by Crippen LogP contribution is 2.31. The van der Waals surface area contributed by atoms with Crippen molar-refractivity contribution in [1.29, 1.82) is 0 Å². The van der Waals surface area contributed by atoms with E-state index >= 15 is 0 Å². The fourth-order valence-electron chi connectivity index (χ4n) is 2.95. The standard InChI is InChI=1S/C22H22ClFN2O2S/c1-13-11-18(19(28-3)12-17(13)23)26-22(27)14(2)25-21(20-5-4-10-29-20)15-6-8-16(24)9-7-15/h4-12,14,21,25H,1-3H3,(H,26,27)/t14-,21-/m0/s1. The number of benzene rings is 2. The van der Waals surface area contributed by atoms with Crippen LogP contribution in [0, 0.1) is 12.7 Å². The molecule has 0 aliphatic rings. The number of amides is 1. The number of rotatable bonds is 7. The van der Waals surface area contributed by atoms with E-state index < -0.39 is 6.04 Å². The van der Waals surface area contributed by atoms with E-state index in [0.29, 0.717) is 16.5 Å². The van der Waals surface area contributed by atoms with Gasteiger partial charge >= 0.3 is 0 Å². The second-order valence-corrected chi connectivity index (χ2v) is 8.07. The number of hydrogen-bond acceptors (Lipinski definition) is 4. The molecule has 3 aromatic rings. The summed E-state index contributed by atoms with van der Waals surface area (Å²) in [5.74, 6) is -0.0159. The Morgan fingerprint density at radius 2 is 1.93 bits per heavy atom. The summed E-state index contributed by atoms with van der Waals surface area (Å²) >= 11 is 7.71. The number of carbonyl (C=O) groups is 1. The van der Waals surface area contributed by atoms with Crippen molar-refractivity contribution < 1.29 is 13.9 Å². The highest BCUT2D eigenvalue weighted by atomic mass is 35.5. The van der Waals surface area contributed by atoms with Gasteiger partial charge in [-0.2, -0.15) is 0 Å². The lowest BCUT2D eigenvalue weighted by Crippen LogP contribution is -2.40. The molecule has 0 aliphatic carbocycles. The Hall–Kier alpha value is -2.41. The maximum absolute atomic E-state index is 13.4. The molecule has 1 aromatic heterocycles. The number of hydrogen-bond donors (Lipinski definition) is 2. The maximum atomic E-state index is 13.4.